The molecule has 3 nitrogen and oxygen atoms in total. The van der Waals surface area contributed by atoms with Gasteiger partial charge >= 0.3 is 0 Å². The van der Waals surface area contributed by atoms with E-state index in [2.05, 4.69) is 44.0 Å². The fraction of sp³-hybridized carbons (Fsp3) is 0.107. The predicted octanol–water partition coefficient (Wildman–Crippen LogP) is 9.04. The Morgan fingerprint density at radius 2 is 1.23 bits per heavy atom. The molecule has 0 aliphatic heterocycles. The van der Waals surface area contributed by atoms with Crippen LogP contribution in [0.5, 0.6) is 11.5 Å². The Hall–Kier alpha value is -2.31. The maximum atomic E-state index is 12.3. The second-order valence-electron chi connectivity index (χ2n) is 7.44. The fourth-order valence-corrected chi connectivity index (χ4v) is 4.37. The summed E-state index contributed by atoms with van der Waals surface area (Å²) in [5.74, 6) is 1.48. The van der Waals surface area contributed by atoms with Crippen LogP contribution in [0.2, 0.25) is 10.0 Å². The number of halogens is 4. The smallest absolute Gasteiger partial charge is 0.194 e. The van der Waals surface area contributed by atoms with E-state index in [1.165, 1.54) is 5.56 Å². The minimum absolute atomic E-state index is 0.107. The maximum Gasteiger partial charge on any atom is 0.194 e. The number of benzene rings is 4. The Balaban J connectivity index is 0.000000196. The van der Waals surface area contributed by atoms with E-state index in [0.29, 0.717) is 21.9 Å². The summed E-state index contributed by atoms with van der Waals surface area (Å²) in [6, 6.07) is 26.1. The molecule has 0 aromatic heterocycles. The third kappa shape index (κ3) is 7.84. The highest BCUT2D eigenvalue weighted by molar-refractivity contribution is 9.10. The Kier molecular flexibility index (Phi) is 10.2. The molecule has 0 amide bonds. The molecular formula is C28H22Br2Cl2O3. The Morgan fingerprint density at radius 1 is 0.714 bits per heavy atom. The summed E-state index contributed by atoms with van der Waals surface area (Å²) < 4.78 is 12.1. The first-order valence-electron chi connectivity index (χ1n) is 10.5. The van der Waals surface area contributed by atoms with Crippen molar-refractivity contribution >= 4 is 60.8 Å². The number of carbonyl (C=O) groups excluding carboxylic acids is 1. The second-order valence-corrected chi connectivity index (χ2v) is 10.1. The van der Waals surface area contributed by atoms with E-state index in [1.807, 2.05) is 30.3 Å². The van der Waals surface area contributed by atoms with E-state index >= 15 is 0 Å². The van der Waals surface area contributed by atoms with Crippen LogP contribution in [-0.2, 0) is 6.42 Å². The van der Waals surface area contributed by atoms with Crippen LogP contribution in [0.3, 0.4) is 0 Å². The molecular weight excluding hydrogens is 615 g/mol. The average Bonchev–Trinajstić information content (AvgIpc) is 2.88. The van der Waals surface area contributed by atoms with Gasteiger partial charge in [-0.3, -0.25) is 4.79 Å². The van der Waals surface area contributed by atoms with Crippen molar-refractivity contribution in [2.24, 2.45) is 0 Å². The number of carbonyl (C=O) groups is 1. The molecule has 0 radical (unpaired) electrons. The van der Waals surface area contributed by atoms with Crippen LogP contribution >= 0.6 is 55.1 Å². The van der Waals surface area contributed by atoms with Crippen molar-refractivity contribution in [3.8, 4) is 11.5 Å². The molecule has 4 rings (SSSR count). The van der Waals surface area contributed by atoms with Gasteiger partial charge in [0.15, 0.2) is 5.78 Å². The first-order chi connectivity index (χ1) is 16.8. The zero-order chi connectivity index (χ0) is 25.4. The number of ketones is 1. The standard InChI is InChI=1S/C14H10BrClO2.C14H12BrClO/c1-18-11-5-2-9(3-6-11)14(17)12-8-10(15)4-7-13(12)16;1-17-13-5-2-10(3-6-13)8-11-9-12(15)4-7-14(11)16/h2-8H,1H3;2-7,9H,8H2,1H3. The number of ether oxygens (including phenoxy) is 2. The summed E-state index contributed by atoms with van der Waals surface area (Å²) >= 11 is 19.0. The van der Waals surface area contributed by atoms with Gasteiger partial charge < -0.3 is 9.47 Å². The van der Waals surface area contributed by atoms with E-state index in [1.54, 1.807) is 56.7 Å². The Bertz CT molecular complexity index is 1290. The topological polar surface area (TPSA) is 35.5 Å². The van der Waals surface area contributed by atoms with Crippen LogP contribution in [0.15, 0.2) is 93.9 Å². The van der Waals surface area contributed by atoms with Crippen molar-refractivity contribution in [2.45, 2.75) is 6.42 Å². The van der Waals surface area contributed by atoms with Crippen molar-refractivity contribution < 1.29 is 14.3 Å². The summed E-state index contributed by atoms with van der Waals surface area (Å²) in [4.78, 5) is 12.3. The molecule has 0 N–H and O–H groups in total. The molecule has 0 unspecified atom stereocenters. The van der Waals surface area contributed by atoms with Gasteiger partial charge in [-0.15, -0.1) is 0 Å². The van der Waals surface area contributed by atoms with E-state index in [-0.39, 0.29) is 5.78 Å². The molecule has 0 saturated carbocycles. The lowest BCUT2D eigenvalue weighted by Gasteiger charge is -2.06. The number of hydrogen-bond acceptors (Lipinski definition) is 3. The summed E-state index contributed by atoms with van der Waals surface area (Å²) in [5.41, 5.74) is 3.39. The molecule has 0 aliphatic rings. The molecule has 0 aliphatic carbocycles. The highest BCUT2D eigenvalue weighted by Gasteiger charge is 2.13. The van der Waals surface area contributed by atoms with Gasteiger partial charge in [-0.25, -0.2) is 0 Å². The van der Waals surface area contributed by atoms with Crippen LogP contribution in [-0.4, -0.2) is 20.0 Å². The molecule has 7 heteroatoms. The summed E-state index contributed by atoms with van der Waals surface area (Å²) in [7, 11) is 3.25. The van der Waals surface area contributed by atoms with Gasteiger partial charge in [0, 0.05) is 25.1 Å². The van der Waals surface area contributed by atoms with E-state index in [4.69, 9.17) is 32.7 Å². The third-order valence-electron chi connectivity index (χ3n) is 5.09. The third-order valence-corrected chi connectivity index (χ3v) is 6.77. The van der Waals surface area contributed by atoms with Gasteiger partial charge in [0.1, 0.15) is 11.5 Å². The first kappa shape index (κ1) is 27.3. The van der Waals surface area contributed by atoms with Gasteiger partial charge in [-0.1, -0.05) is 67.2 Å². The van der Waals surface area contributed by atoms with Gasteiger partial charge in [0.2, 0.25) is 0 Å². The summed E-state index contributed by atoms with van der Waals surface area (Å²) in [6.07, 6.45) is 0.822. The van der Waals surface area contributed by atoms with E-state index in [0.717, 1.165) is 31.7 Å². The highest BCUT2D eigenvalue weighted by Crippen LogP contribution is 2.25. The van der Waals surface area contributed by atoms with Crippen molar-refractivity contribution in [3.63, 3.8) is 0 Å². The lowest BCUT2D eigenvalue weighted by atomic mass is 10.0. The van der Waals surface area contributed by atoms with Crippen LogP contribution < -0.4 is 9.47 Å². The van der Waals surface area contributed by atoms with Gasteiger partial charge in [0.25, 0.3) is 0 Å². The molecule has 0 fully saturated rings. The molecule has 0 bridgehead atoms. The highest BCUT2D eigenvalue weighted by atomic mass is 79.9. The molecule has 35 heavy (non-hydrogen) atoms. The lowest BCUT2D eigenvalue weighted by Crippen LogP contribution is -2.02. The van der Waals surface area contributed by atoms with Crippen molar-refractivity contribution in [3.05, 3.63) is 126 Å². The summed E-state index contributed by atoms with van der Waals surface area (Å²) in [6.45, 7) is 0. The minimum atomic E-state index is -0.107. The molecule has 4 aromatic rings. The van der Waals surface area contributed by atoms with Gasteiger partial charge in [-0.05, 0) is 90.3 Å². The summed E-state index contributed by atoms with van der Waals surface area (Å²) in [5, 5.41) is 1.24. The van der Waals surface area contributed by atoms with Gasteiger partial charge in [-0.2, -0.15) is 0 Å². The van der Waals surface area contributed by atoms with Crippen molar-refractivity contribution in [1.82, 2.24) is 0 Å². The normalized spacial score (nSPS) is 10.2. The van der Waals surface area contributed by atoms with Gasteiger partial charge in [0.05, 0.1) is 19.2 Å². The molecule has 0 saturated heterocycles. The van der Waals surface area contributed by atoms with E-state index < -0.39 is 0 Å². The predicted molar refractivity (Wildman–Crippen MR) is 151 cm³/mol. The average molecular weight is 637 g/mol. The molecule has 4 aromatic carbocycles. The zero-order valence-electron chi connectivity index (χ0n) is 19.0. The number of rotatable bonds is 6. The zero-order valence-corrected chi connectivity index (χ0v) is 23.7. The number of methoxy groups -OCH3 is 2. The maximum absolute atomic E-state index is 12.3. The first-order valence-corrected chi connectivity index (χ1v) is 12.9. The monoisotopic (exact) mass is 634 g/mol. The quantitative estimate of drug-likeness (QED) is 0.198. The van der Waals surface area contributed by atoms with Crippen LogP contribution in [0, 0.1) is 0 Å². The molecule has 0 atom stereocenters. The van der Waals surface area contributed by atoms with Crippen LogP contribution in [0.25, 0.3) is 0 Å². The Morgan fingerprint density at radius 3 is 1.80 bits per heavy atom. The largest absolute Gasteiger partial charge is 0.497 e. The lowest BCUT2D eigenvalue weighted by molar-refractivity contribution is 0.103. The SMILES string of the molecule is COc1ccc(C(=O)c2cc(Br)ccc2Cl)cc1.COc1ccc(Cc2cc(Br)ccc2Cl)cc1. The molecule has 0 spiro atoms. The molecule has 0 heterocycles. The minimum Gasteiger partial charge on any atom is -0.497 e. The number of hydrogen-bond donors (Lipinski definition) is 0. The second kappa shape index (κ2) is 13.1. The van der Waals surface area contributed by atoms with Crippen molar-refractivity contribution in [1.29, 1.82) is 0 Å². The fourth-order valence-electron chi connectivity index (χ4n) is 3.21. The van der Waals surface area contributed by atoms with Crippen LogP contribution in [0.1, 0.15) is 27.0 Å². The van der Waals surface area contributed by atoms with E-state index in [9.17, 15) is 4.79 Å². The molecule has 180 valence electrons. The Labute approximate surface area is 232 Å². The van der Waals surface area contributed by atoms with Crippen LogP contribution in [0.4, 0.5) is 0 Å². The van der Waals surface area contributed by atoms with Crippen molar-refractivity contribution in [2.75, 3.05) is 14.2 Å².